The van der Waals surface area contributed by atoms with Crippen LogP contribution >= 0.6 is 0 Å². The zero-order valence-electron chi connectivity index (χ0n) is 16.1. The molecule has 4 rings (SSSR count). The summed E-state index contributed by atoms with van der Waals surface area (Å²) in [6.07, 6.45) is -4.67. The highest BCUT2D eigenvalue weighted by Crippen LogP contribution is 2.46. The molecule has 0 amide bonds. The Morgan fingerprint density at radius 1 is 0.727 bits per heavy atom. The zero-order chi connectivity index (χ0) is 24.1. The van der Waals surface area contributed by atoms with Crippen molar-refractivity contribution in [2.24, 2.45) is 4.99 Å². The van der Waals surface area contributed by atoms with Crippen LogP contribution in [0.5, 0.6) is 0 Å². The molecule has 33 heavy (non-hydrogen) atoms. The summed E-state index contributed by atoms with van der Waals surface area (Å²) in [5, 5.41) is 34.2. The number of nitrogens with zero attached hydrogens (tertiary/aromatic N) is 4. The summed E-state index contributed by atoms with van der Waals surface area (Å²) in [5.41, 5.74) is -3.02. The first-order chi connectivity index (χ1) is 15.5. The van der Waals surface area contributed by atoms with Crippen LogP contribution in [0.3, 0.4) is 0 Å². The van der Waals surface area contributed by atoms with Gasteiger partial charge in [0, 0.05) is 29.3 Å². The molecule has 1 aliphatic carbocycles. The van der Waals surface area contributed by atoms with Gasteiger partial charge in [-0.1, -0.05) is 6.07 Å². The summed E-state index contributed by atoms with van der Waals surface area (Å²) in [6.45, 7) is 0. The Morgan fingerprint density at radius 2 is 1.39 bits per heavy atom. The monoisotopic (exact) mass is 458 g/mol. The van der Waals surface area contributed by atoms with Crippen molar-refractivity contribution in [2.75, 3.05) is 0 Å². The van der Waals surface area contributed by atoms with Gasteiger partial charge < -0.3 is 0 Å². The molecule has 10 nitrogen and oxygen atoms in total. The molecule has 3 aromatic rings. The Balaban J connectivity index is 2.06. The van der Waals surface area contributed by atoms with Gasteiger partial charge in [-0.25, -0.2) is 4.99 Å². The van der Waals surface area contributed by atoms with E-state index in [4.69, 9.17) is 0 Å². The fraction of sp³-hybridized carbons (Fsp3) is 0.0500. The first-order valence-corrected chi connectivity index (χ1v) is 8.99. The van der Waals surface area contributed by atoms with E-state index in [9.17, 15) is 43.5 Å². The average Bonchev–Trinajstić information content (AvgIpc) is 3.05. The van der Waals surface area contributed by atoms with Crippen molar-refractivity contribution in [1.82, 2.24) is 0 Å². The van der Waals surface area contributed by atoms with Crippen LogP contribution in [0.1, 0.15) is 16.7 Å². The Labute approximate surface area is 181 Å². The van der Waals surface area contributed by atoms with Crippen LogP contribution in [0.2, 0.25) is 0 Å². The molecule has 0 heterocycles. The third-order valence-electron chi connectivity index (χ3n) is 4.92. The van der Waals surface area contributed by atoms with Crippen LogP contribution in [0.15, 0.2) is 59.6 Å². The summed E-state index contributed by atoms with van der Waals surface area (Å²) in [4.78, 5) is 36.0. The van der Waals surface area contributed by atoms with Crippen LogP contribution in [0.4, 0.5) is 35.9 Å². The Bertz CT molecular complexity index is 1400. The molecule has 0 aliphatic heterocycles. The molecule has 0 saturated heterocycles. The molecule has 0 fully saturated rings. The maximum atomic E-state index is 13.1. The third kappa shape index (κ3) is 3.75. The SMILES string of the molecule is O=[N+]([O-])c1ccc2c(c1)C(=Nc1cccc(C(F)(F)F)c1)c1cc([N+](=O)[O-])cc([N+](=O)[O-])c1-2. The van der Waals surface area contributed by atoms with Gasteiger partial charge in [-0.15, -0.1) is 0 Å². The van der Waals surface area contributed by atoms with E-state index in [0.29, 0.717) is 0 Å². The topological polar surface area (TPSA) is 142 Å². The summed E-state index contributed by atoms with van der Waals surface area (Å²) in [7, 11) is 0. The second-order valence-electron chi connectivity index (χ2n) is 6.90. The van der Waals surface area contributed by atoms with Crippen LogP contribution < -0.4 is 0 Å². The van der Waals surface area contributed by atoms with Crippen molar-refractivity contribution in [3.8, 4) is 11.1 Å². The first-order valence-electron chi connectivity index (χ1n) is 8.99. The molecule has 0 atom stereocenters. The number of alkyl halides is 3. The third-order valence-corrected chi connectivity index (χ3v) is 4.92. The lowest BCUT2D eigenvalue weighted by Gasteiger charge is -2.08. The second-order valence-corrected chi connectivity index (χ2v) is 6.90. The van der Waals surface area contributed by atoms with E-state index in [0.717, 1.165) is 42.5 Å². The van der Waals surface area contributed by atoms with E-state index < -0.39 is 43.6 Å². The van der Waals surface area contributed by atoms with Crippen LogP contribution in [0, 0.1) is 30.3 Å². The number of benzene rings is 3. The molecule has 0 bridgehead atoms. The molecule has 0 saturated carbocycles. The van der Waals surface area contributed by atoms with Gasteiger partial charge in [0.15, 0.2) is 0 Å². The summed E-state index contributed by atoms with van der Waals surface area (Å²) in [5.74, 6) is 0. The van der Waals surface area contributed by atoms with E-state index in [1.807, 2.05) is 0 Å². The molecule has 0 spiro atoms. The normalized spacial score (nSPS) is 13.5. The van der Waals surface area contributed by atoms with Crippen LogP contribution in [0.25, 0.3) is 11.1 Å². The predicted octanol–water partition coefficient (Wildman–Crippen LogP) is 5.58. The zero-order valence-corrected chi connectivity index (χ0v) is 16.1. The summed E-state index contributed by atoms with van der Waals surface area (Å²) >= 11 is 0. The van der Waals surface area contributed by atoms with Crippen molar-refractivity contribution >= 4 is 28.5 Å². The number of hydrogen-bond donors (Lipinski definition) is 0. The van der Waals surface area contributed by atoms with Gasteiger partial charge in [-0.2, -0.15) is 13.2 Å². The molecular formula is C20H9F3N4O6. The van der Waals surface area contributed by atoms with E-state index in [2.05, 4.69) is 4.99 Å². The second kappa shape index (κ2) is 7.47. The molecule has 0 radical (unpaired) electrons. The van der Waals surface area contributed by atoms with E-state index in [1.54, 1.807) is 0 Å². The number of hydrogen-bond acceptors (Lipinski definition) is 7. The number of fused-ring (bicyclic) bond motifs is 3. The summed E-state index contributed by atoms with van der Waals surface area (Å²) < 4.78 is 39.3. The van der Waals surface area contributed by atoms with Crippen molar-refractivity contribution in [1.29, 1.82) is 0 Å². The highest BCUT2D eigenvalue weighted by atomic mass is 19.4. The van der Waals surface area contributed by atoms with Gasteiger partial charge in [0.2, 0.25) is 0 Å². The van der Waals surface area contributed by atoms with E-state index in [1.165, 1.54) is 12.1 Å². The van der Waals surface area contributed by atoms with Crippen molar-refractivity contribution in [3.05, 3.63) is 102 Å². The van der Waals surface area contributed by atoms with E-state index >= 15 is 0 Å². The number of nitro groups is 3. The number of halogens is 3. The standard InChI is InChI=1S/C20H9F3N4O6/c21-20(22,23)10-2-1-3-11(6-10)24-19-15-7-12(25(28)29)4-5-14(15)18-16(19)8-13(26(30)31)9-17(18)27(32)33/h1-9H. The summed E-state index contributed by atoms with van der Waals surface area (Å²) in [6, 6.07) is 9.04. The van der Waals surface area contributed by atoms with Crippen molar-refractivity contribution in [2.45, 2.75) is 6.18 Å². The highest BCUT2D eigenvalue weighted by Gasteiger charge is 2.36. The quantitative estimate of drug-likeness (QED) is 0.289. The highest BCUT2D eigenvalue weighted by molar-refractivity contribution is 6.27. The molecule has 0 N–H and O–H groups in total. The maximum Gasteiger partial charge on any atom is 0.416 e. The lowest BCUT2D eigenvalue weighted by atomic mass is 10.0. The lowest BCUT2D eigenvalue weighted by Crippen LogP contribution is -2.04. The Kier molecular flexibility index (Phi) is 4.88. The van der Waals surface area contributed by atoms with Gasteiger partial charge in [-0.3, -0.25) is 30.3 Å². The minimum Gasteiger partial charge on any atom is -0.258 e. The minimum atomic E-state index is -4.67. The number of non-ortho nitro benzene ring substituents is 2. The molecular weight excluding hydrogens is 449 g/mol. The average molecular weight is 458 g/mol. The Morgan fingerprint density at radius 3 is 2.00 bits per heavy atom. The minimum absolute atomic E-state index is 0.0280. The number of rotatable bonds is 4. The smallest absolute Gasteiger partial charge is 0.258 e. The fourth-order valence-electron chi connectivity index (χ4n) is 3.54. The Hall–Kier alpha value is -4.68. The maximum absolute atomic E-state index is 13.1. The number of aliphatic imine (C=N–C) groups is 1. The fourth-order valence-corrected chi connectivity index (χ4v) is 3.54. The number of nitro benzene ring substituents is 3. The molecule has 3 aromatic carbocycles. The molecule has 1 aliphatic rings. The molecule has 13 heteroatoms. The molecule has 0 unspecified atom stereocenters. The van der Waals surface area contributed by atoms with Crippen molar-refractivity contribution < 1.29 is 27.9 Å². The molecule has 166 valence electrons. The first kappa shape index (κ1) is 21.5. The predicted molar refractivity (Wildman–Crippen MR) is 109 cm³/mol. The van der Waals surface area contributed by atoms with Gasteiger partial charge >= 0.3 is 6.18 Å². The van der Waals surface area contributed by atoms with Crippen LogP contribution in [-0.2, 0) is 6.18 Å². The largest absolute Gasteiger partial charge is 0.416 e. The van der Waals surface area contributed by atoms with Gasteiger partial charge in [-0.05, 0) is 29.8 Å². The van der Waals surface area contributed by atoms with Gasteiger partial charge in [0.1, 0.15) is 0 Å². The van der Waals surface area contributed by atoms with Crippen molar-refractivity contribution in [3.63, 3.8) is 0 Å². The van der Waals surface area contributed by atoms with E-state index in [-0.39, 0.29) is 33.7 Å². The van der Waals surface area contributed by atoms with Gasteiger partial charge in [0.25, 0.3) is 17.1 Å². The lowest BCUT2D eigenvalue weighted by molar-refractivity contribution is -0.393. The van der Waals surface area contributed by atoms with Gasteiger partial charge in [0.05, 0.1) is 43.4 Å². The molecule has 0 aromatic heterocycles. The van der Waals surface area contributed by atoms with Crippen LogP contribution in [-0.4, -0.2) is 20.5 Å².